The molecule has 27 heavy (non-hydrogen) atoms. The van der Waals surface area contributed by atoms with Gasteiger partial charge in [-0.15, -0.1) is 0 Å². The normalized spacial score (nSPS) is 10.7. The minimum absolute atomic E-state index is 0.145. The summed E-state index contributed by atoms with van der Waals surface area (Å²) in [6.07, 6.45) is 1.38. The van der Waals surface area contributed by atoms with Crippen LogP contribution in [0.1, 0.15) is 11.1 Å². The summed E-state index contributed by atoms with van der Waals surface area (Å²) in [7, 11) is 0. The van der Waals surface area contributed by atoms with Gasteiger partial charge in [-0.1, -0.05) is 60.7 Å². The van der Waals surface area contributed by atoms with Crippen LogP contribution in [0.25, 0.3) is 11.0 Å². The Hall–Kier alpha value is -3.53. The van der Waals surface area contributed by atoms with Crippen molar-refractivity contribution in [3.8, 4) is 11.5 Å². The SMILES string of the molecule is O=c1ccoc2cc(OCc3ccccc3)cc(OCc3ccccc3)c12. The van der Waals surface area contributed by atoms with Crippen molar-refractivity contribution in [1.29, 1.82) is 0 Å². The van der Waals surface area contributed by atoms with Crippen LogP contribution >= 0.6 is 0 Å². The van der Waals surface area contributed by atoms with Crippen molar-refractivity contribution in [3.05, 3.63) is 106 Å². The molecule has 0 atom stereocenters. The first kappa shape index (κ1) is 16.9. The smallest absolute Gasteiger partial charge is 0.196 e. The Labute approximate surface area is 156 Å². The fraction of sp³-hybridized carbons (Fsp3) is 0.0870. The maximum Gasteiger partial charge on any atom is 0.196 e. The van der Waals surface area contributed by atoms with Crippen LogP contribution in [-0.2, 0) is 13.2 Å². The predicted molar refractivity (Wildman–Crippen MR) is 104 cm³/mol. The van der Waals surface area contributed by atoms with Gasteiger partial charge in [0.2, 0.25) is 0 Å². The quantitative estimate of drug-likeness (QED) is 0.489. The molecule has 1 heterocycles. The zero-order valence-corrected chi connectivity index (χ0v) is 14.6. The Kier molecular flexibility index (Phi) is 4.88. The lowest BCUT2D eigenvalue weighted by atomic mass is 10.2. The van der Waals surface area contributed by atoms with E-state index in [2.05, 4.69) is 0 Å². The topological polar surface area (TPSA) is 48.7 Å². The first-order chi connectivity index (χ1) is 13.3. The van der Waals surface area contributed by atoms with E-state index in [1.54, 1.807) is 12.1 Å². The third kappa shape index (κ3) is 4.01. The van der Waals surface area contributed by atoms with E-state index >= 15 is 0 Å². The molecule has 4 aromatic rings. The number of hydrogen-bond acceptors (Lipinski definition) is 4. The second-order valence-electron chi connectivity index (χ2n) is 6.13. The van der Waals surface area contributed by atoms with E-state index in [9.17, 15) is 4.79 Å². The maximum absolute atomic E-state index is 12.3. The van der Waals surface area contributed by atoms with E-state index in [-0.39, 0.29) is 5.43 Å². The van der Waals surface area contributed by atoms with Gasteiger partial charge >= 0.3 is 0 Å². The van der Waals surface area contributed by atoms with Crippen LogP contribution in [0.3, 0.4) is 0 Å². The third-order valence-corrected chi connectivity index (χ3v) is 4.19. The van der Waals surface area contributed by atoms with Crippen molar-refractivity contribution in [1.82, 2.24) is 0 Å². The van der Waals surface area contributed by atoms with Crippen LogP contribution in [-0.4, -0.2) is 0 Å². The van der Waals surface area contributed by atoms with Gasteiger partial charge in [0.25, 0.3) is 0 Å². The summed E-state index contributed by atoms with van der Waals surface area (Å²) >= 11 is 0. The lowest BCUT2D eigenvalue weighted by Crippen LogP contribution is -2.04. The number of rotatable bonds is 6. The Morgan fingerprint density at radius 1 is 0.741 bits per heavy atom. The molecule has 0 fully saturated rings. The van der Waals surface area contributed by atoms with Crippen LogP contribution < -0.4 is 14.9 Å². The van der Waals surface area contributed by atoms with Crippen molar-refractivity contribution < 1.29 is 13.9 Å². The van der Waals surface area contributed by atoms with Crippen LogP contribution in [0.2, 0.25) is 0 Å². The Morgan fingerprint density at radius 2 is 1.37 bits per heavy atom. The minimum atomic E-state index is -0.145. The largest absolute Gasteiger partial charge is 0.489 e. The number of benzene rings is 3. The van der Waals surface area contributed by atoms with Crippen LogP contribution in [0.5, 0.6) is 11.5 Å². The van der Waals surface area contributed by atoms with Gasteiger partial charge in [0, 0.05) is 18.2 Å². The molecule has 134 valence electrons. The number of hydrogen-bond donors (Lipinski definition) is 0. The van der Waals surface area contributed by atoms with Gasteiger partial charge in [-0.2, -0.15) is 0 Å². The summed E-state index contributed by atoms with van der Waals surface area (Å²) in [5.41, 5.74) is 2.37. The van der Waals surface area contributed by atoms with Gasteiger partial charge < -0.3 is 13.9 Å². The van der Waals surface area contributed by atoms with Crippen molar-refractivity contribution in [2.45, 2.75) is 13.2 Å². The van der Waals surface area contributed by atoms with E-state index in [1.807, 2.05) is 60.7 Å². The molecule has 0 aliphatic rings. The van der Waals surface area contributed by atoms with Crippen molar-refractivity contribution in [2.24, 2.45) is 0 Å². The molecule has 0 spiro atoms. The molecule has 0 saturated carbocycles. The molecule has 0 bridgehead atoms. The van der Waals surface area contributed by atoms with Gasteiger partial charge in [-0.3, -0.25) is 4.79 Å². The highest BCUT2D eigenvalue weighted by Crippen LogP contribution is 2.30. The predicted octanol–water partition coefficient (Wildman–Crippen LogP) is 4.95. The van der Waals surface area contributed by atoms with E-state index in [0.717, 1.165) is 11.1 Å². The molecule has 0 aliphatic carbocycles. The van der Waals surface area contributed by atoms with E-state index in [0.29, 0.717) is 35.7 Å². The average molecular weight is 358 g/mol. The van der Waals surface area contributed by atoms with E-state index in [1.165, 1.54) is 12.3 Å². The molecule has 0 amide bonds. The molecular weight excluding hydrogens is 340 g/mol. The molecule has 4 heteroatoms. The molecular formula is C23H18O4. The van der Waals surface area contributed by atoms with Crippen molar-refractivity contribution in [2.75, 3.05) is 0 Å². The van der Waals surface area contributed by atoms with E-state index in [4.69, 9.17) is 13.9 Å². The van der Waals surface area contributed by atoms with Gasteiger partial charge in [-0.25, -0.2) is 0 Å². The highest BCUT2D eigenvalue weighted by Gasteiger charge is 2.12. The second-order valence-corrected chi connectivity index (χ2v) is 6.13. The van der Waals surface area contributed by atoms with Gasteiger partial charge in [0.1, 0.15) is 35.7 Å². The monoisotopic (exact) mass is 358 g/mol. The minimum Gasteiger partial charge on any atom is -0.489 e. The molecule has 0 N–H and O–H groups in total. The molecule has 0 radical (unpaired) electrons. The fourth-order valence-electron chi connectivity index (χ4n) is 2.83. The molecule has 4 rings (SSSR count). The van der Waals surface area contributed by atoms with Gasteiger partial charge in [-0.05, 0) is 11.1 Å². The van der Waals surface area contributed by atoms with Gasteiger partial charge in [0.15, 0.2) is 5.43 Å². The molecule has 0 unspecified atom stereocenters. The van der Waals surface area contributed by atoms with Crippen LogP contribution in [0, 0.1) is 0 Å². The molecule has 3 aromatic carbocycles. The molecule has 0 saturated heterocycles. The van der Waals surface area contributed by atoms with Crippen molar-refractivity contribution in [3.63, 3.8) is 0 Å². The van der Waals surface area contributed by atoms with Crippen LogP contribution in [0.4, 0.5) is 0 Å². The summed E-state index contributed by atoms with van der Waals surface area (Å²) in [6, 6.07) is 24.5. The van der Waals surface area contributed by atoms with Crippen LogP contribution in [0.15, 0.2) is 94.3 Å². The standard InChI is InChI=1S/C23H18O4/c24-20-11-12-25-21-13-19(26-15-17-7-3-1-4-8-17)14-22(23(20)21)27-16-18-9-5-2-6-10-18/h1-14H,15-16H2. The molecule has 0 aliphatic heterocycles. The lowest BCUT2D eigenvalue weighted by Gasteiger charge is -2.12. The Bertz CT molecular complexity index is 1090. The lowest BCUT2D eigenvalue weighted by molar-refractivity contribution is 0.292. The zero-order chi connectivity index (χ0) is 18.5. The first-order valence-corrected chi connectivity index (χ1v) is 8.68. The summed E-state index contributed by atoms with van der Waals surface area (Å²) in [5.74, 6) is 1.04. The molecule has 1 aromatic heterocycles. The summed E-state index contributed by atoms with van der Waals surface area (Å²) in [5, 5.41) is 0.417. The first-order valence-electron chi connectivity index (χ1n) is 8.68. The average Bonchev–Trinajstić information content (AvgIpc) is 2.72. The number of ether oxygens (including phenoxy) is 2. The summed E-state index contributed by atoms with van der Waals surface area (Å²) in [4.78, 5) is 12.3. The Balaban J connectivity index is 1.64. The Morgan fingerprint density at radius 3 is 2.04 bits per heavy atom. The third-order valence-electron chi connectivity index (χ3n) is 4.19. The fourth-order valence-corrected chi connectivity index (χ4v) is 2.83. The maximum atomic E-state index is 12.3. The van der Waals surface area contributed by atoms with Crippen molar-refractivity contribution >= 4 is 11.0 Å². The summed E-state index contributed by atoms with van der Waals surface area (Å²) < 4.78 is 17.3. The summed E-state index contributed by atoms with van der Waals surface area (Å²) in [6.45, 7) is 0.772. The highest BCUT2D eigenvalue weighted by atomic mass is 16.5. The highest BCUT2D eigenvalue weighted by molar-refractivity contribution is 5.84. The zero-order valence-electron chi connectivity index (χ0n) is 14.6. The number of fused-ring (bicyclic) bond motifs is 1. The van der Waals surface area contributed by atoms with Gasteiger partial charge in [0.05, 0.1) is 6.26 Å². The van der Waals surface area contributed by atoms with E-state index < -0.39 is 0 Å². The molecule has 4 nitrogen and oxygen atoms in total. The second kappa shape index (κ2) is 7.79.